The van der Waals surface area contributed by atoms with Gasteiger partial charge in [-0.15, -0.1) is 0 Å². The summed E-state index contributed by atoms with van der Waals surface area (Å²) in [4.78, 5) is 24.6. The van der Waals surface area contributed by atoms with E-state index in [9.17, 15) is 19.1 Å². The van der Waals surface area contributed by atoms with Crippen LogP contribution in [-0.4, -0.2) is 23.9 Å². The number of ketones is 1. The normalized spacial score (nSPS) is 18.9. The first-order valence-corrected chi connectivity index (χ1v) is 7.43. The summed E-state index contributed by atoms with van der Waals surface area (Å²) in [6.45, 7) is 0. The topological polar surface area (TPSA) is 75.6 Å². The molecule has 0 radical (unpaired) electrons. The molecule has 0 saturated carbocycles. The standard InChI is InChI=1S/C17H13ClFNO4/c1-24-10-3-4-11(13(19)7-10)15(21)8-17(23)12-6-9(18)2-5-14(12)20-16(17)22/h2-7,23H,8H2,1H3,(H,20,22)/t17-/m1/s1. The predicted molar refractivity (Wildman–Crippen MR) is 85.9 cm³/mol. The molecule has 2 N–H and O–H groups in total. The van der Waals surface area contributed by atoms with Crippen molar-refractivity contribution in [3.05, 3.63) is 58.4 Å². The molecule has 3 rings (SSSR count). The van der Waals surface area contributed by atoms with Crippen LogP contribution in [0.25, 0.3) is 0 Å². The molecular weight excluding hydrogens is 337 g/mol. The summed E-state index contributed by atoms with van der Waals surface area (Å²) in [7, 11) is 1.38. The lowest BCUT2D eigenvalue weighted by molar-refractivity contribution is -0.133. The van der Waals surface area contributed by atoms with Gasteiger partial charge in [0.2, 0.25) is 0 Å². The van der Waals surface area contributed by atoms with Crippen molar-refractivity contribution in [1.29, 1.82) is 0 Å². The fraction of sp³-hybridized carbons (Fsp3) is 0.176. The summed E-state index contributed by atoms with van der Waals surface area (Å²) in [5.74, 6) is -1.98. The molecule has 24 heavy (non-hydrogen) atoms. The summed E-state index contributed by atoms with van der Waals surface area (Å²) in [6, 6.07) is 8.25. The molecule has 1 aliphatic heterocycles. The number of ether oxygens (including phenoxy) is 1. The van der Waals surface area contributed by atoms with Crippen molar-refractivity contribution in [3.63, 3.8) is 0 Å². The number of hydrogen-bond donors (Lipinski definition) is 2. The number of aliphatic hydroxyl groups is 1. The molecule has 1 heterocycles. The van der Waals surface area contributed by atoms with Crippen molar-refractivity contribution in [3.8, 4) is 5.75 Å². The van der Waals surface area contributed by atoms with Gasteiger partial charge in [0.05, 0.1) is 19.1 Å². The number of carbonyl (C=O) groups excluding carboxylic acids is 2. The van der Waals surface area contributed by atoms with Gasteiger partial charge >= 0.3 is 0 Å². The zero-order chi connectivity index (χ0) is 17.5. The monoisotopic (exact) mass is 349 g/mol. The van der Waals surface area contributed by atoms with Gasteiger partial charge in [0.25, 0.3) is 5.91 Å². The molecular formula is C17H13ClFNO4. The van der Waals surface area contributed by atoms with Gasteiger partial charge in [-0.05, 0) is 30.3 Å². The third-order valence-corrected chi connectivity index (χ3v) is 4.18. The van der Waals surface area contributed by atoms with Crippen LogP contribution in [0.2, 0.25) is 5.02 Å². The van der Waals surface area contributed by atoms with Gasteiger partial charge in [0, 0.05) is 22.3 Å². The first-order valence-electron chi connectivity index (χ1n) is 7.06. The van der Waals surface area contributed by atoms with E-state index in [0.717, 1.165) is 6.07 Å². The van der Waals surface area contributed by atoms with Crippen LogP contribution >= 0.6 is 11.6 Å². The highest BCUT2D eigenvalue weighted by Crippen LogP contribution is 2.40. The first kappa shape index (κ1) is 16.4. The zero-order valence-corrected chi connectivity index (χ0v) is 13.4. The highest BCUT2D eigenvalue weighted by molar-refractivity contribution is 6.31. The molecule has 0 unspecified atom stereocenters. The van der Waals surface area contributed by atoms with Crippen LogP contribution in [0.4, 0.5) is 10.1 Å². The van der Waals surface area contributed by atoms with Crippen LogP contribution in [0.5, 0.6) is 5.75 Å². The molecule has 0 aliphatic carbocycles. The quantitative estimate of drug-likeness (QED) is 0.832. The van der Waals surface area contributed by atoms with E-state index in [0.29, 0.717) is 10.7 Å². The van der Waals surface area contributed by atoms with Gasteiger partial charge in [-0.1, -0.05) is 11.6 Å². The van der Waals surface area contributed by atoms with Gasteiger partial charge in [0.15, 0.2) is 11.4 Å². The van der Waals surface area contributed by atoms with E-state index in [1.54, 1.807) is 6.07 Å². The van der Waals surface area contributed by atoms with Crippen LogP contribution in [0, 0.1) is 5.82 Å². The number of anilines is 1. The molecule has 1 atom stereocenters. The van der Waals surface area contributed by atoms with E-state index >= 15 is 0 Å². The highest BCUT2D eigenvalue weighted by Gasteiger charge is 2.47. The van der Waals surface area contributed by atoms with Gasteiger partial charge in [-0.3, -0.25) is 9.59 Å². The smallest absolute Gasteiger partial charge is 0.261 e. The number of halogens is 2. The average Bonchev–Trinajstić information content (AvgIpc) is 2.78. The van der Waals surface area contributed by atoms with Gasteiger partial charge in [-0.2, -0.15) is 0 Å². The van der Waals surface area contributed by atoms with E-state index < -0.39 is 29.5 Å². The van der Waals surface area contributed by atoms with E-state index in [4.69, 9.17) is 16.3 Å². The summed E-state index contributed by atoms with van der Waals surface area (Å²) >= 11 is 5.90. The van der Waals surface area contributed by atoms with Crippen LogP contribution in [-0.2, 0) is 10.4 Å². The maximum absolute atomic E-state index is 14.0. The second-order valence-corrected chi connectivity index (χ2v) is 5.89. The molecule has 0 saturated heterocycles. The Morgan fingerprint density at radius 1 is 1.33 bits per heavy atom. The van der Waals surface area contributed by atoms with Gasteiger partial charge in [-0.25, -0.2) is 4.39 Å². The number of hydrogen-bond acceptors (Lipinski definition) is 4. The number of methoxy groups -OCH3 is 1. The third kappa shape index (κ3) is 2.64. The summed E-state index contributed by atoms with van der Waals surface area (Å²) in [5, 5.41) is 13.5. The Morgan fingerprint density at radius 3 is 2.75 bits per heavy atom. The molecule has 1 aliphatic rings. The van der Waals surface area contributed by atoms with Crippen LogP contribution in [0.1, 0.15) is 22.3 Å². The van der Waals surface area contributed by atoms with Crippen molar-refractivity contribution in [2.24, 2.45) is 0 Å². The summed E-state index contributed by atoms with van der Waals surface area (Å²) < 4.78 is 18.9. The minimum atomic E-state index is -2.09. The van der Waals surface area contributed by atoms with Crippen molar-refractivity contribution in [1.82, 2.24) is 0 Å². The van der Waals surface area contributed by atoms with Crippen LogP contribution < -0.4 is 10.1 Å². The SMILES string of the molecule is COc1ccc(C(=O)C[C@]2(O)C(=O)Nc3ccc(Cl)cc32)c(F)c1. The lowest BCUT2D eigenvalue weighted by atomic mass is 9.88. The lowest BCUT2D eigenvalue weighted by Gasteiger charge is -2.20. The number of Topliss-reactive ketones (excluding diaryl/α,β-unsaturated/α-hetero) is 1. The molecule has 2 aromatic carbocycles. The maximum atomic E-state index is 14.0. The Morgan fingerprint density at radius 2 is 2.08 bits per heavy atom. The fourth-order valence-electron chi connectivity index (χ4n) is 2.67. The van der Waals surface area contributed by atoms with E-state index in [1.165, 1.54) is 31.4 Å². The zero-order valence-electron chi connectivity index (χ0n) is 12.6. The highest BCUT2D eigenvalue weighted by atomic mass is 35.5. The average molecular weight is 350 g/mol. The maximum Gasteiger partial charge on any atom is 0.261 e. The Labute approximate surface area is 142 Å². The molecule has 5 nitrogen and oxygen atoms in total. The molecule has 0 spiro atoms. The van der Waals surface area contributed by atoms with Crippen LogP contribution in [0.15, 0.2) is 36.4 Å². The minimum absolute atomic E-state index is 0.197. The number of nitrogens with one attached hydrogen (secondary N) is 1. The van der Waals surface area contributed by atoms with Crippen LogP contribution in [0.3, 0.4) is 0 Å². The molecule has 2 aromatic rings. The number of fused-ring (bicyclic) bond motifs is 1. The fourth-order valence-corrected chi connectivity index (χ4v) is 2.84. The number of rotatable bonds is 4. The second kappa shape index (κ2) is 5.89. The third-order valence-electron chi connectivity index (χ3n) is 3.94. The number of benzene rings is 2. The van der Waals surface area contributed by atoms with E-state index in [1.807, 2.05) is 0 Å². The van der Waals surface area contributed by atoms with Crippen molar-refractivity contribution < 1.29 is 23.8 Å². The van der Waals surface area contributed by atoms with Gasteiger partial charge in [0.1, 0.15) is 11.6 Å². The predicted octanol–water partition coefficient (Wildman–Crippen LogP) is 2.90. The first-order chi connectivity index (χ1) is 11.3. The van der Waals surface area contributed by atoms with E-state index in [-0.39, 0.29) is 16.9 Å². The Balaban J connectivity index is 1.95. The molecule has 7 heteroatoms. The Bertz CT molecular complexity index is 854. The number of carbonyl (C=O) groups is 2. The second-order valence-electron chi connectivity index (χ2n) is 5.45. The minimum Gasteiger partial charge on any atom is -0.497 e. The largest absolute Gasteiger partial charge is 0.497 e. The van der Waals surface area contributed by atoms with Crippen molar-refractivity contribution >= 4 is 29.0 Å². The molecule has 1 amide bonds. The summed E-state index contributed by atoms with van der Waals surface area (Å²) in [6.07, 6.45) is -0.602. The lowest BCUT2D eigenvalue weighted by Crippen LogP contribution is -2.36. The number of amides is 1. The molecule has 0 bridgehead atoms. The molecule has 0 aromatic heterocycles. The van der Waals surface area contributed by atoms with E-state index in [2.05, 4.69) is 5.32 Å². The van der Waals surface area contributed by atoms with Gasteiger partial charge < -0.3 is 15.2 Å². The van der Waals surface area contributed by atoms with Crippen molar-refractivity contribution in [2.75, 3.05) is 12.4 Å². The Hall–Kier alpha value is -2.44. The van der Waals surface area contributed by atoms with Crippen molar-refractivity contribution in [2.45, 2.75) is 12.0 Å². The summed E-state index contributed by atoms with van der Waals surface area (Å²) in [5.41, 5.74) is -1.76. The Kier molecular flexibility index (Phi) is 4.03. The molecule has 0 fully saturated rings. The molecule has 124 valence electrons.